The maximum absolute atomic E-state index is 11.4. The summed E-state index contributed by atoms with van der Waals surface area (Å²) in [4.78, 5) is 7.80. The molecule has 0 amide bonds. The number of aromatic amines is 1. The van der Waals surface area contributed by atoms with Crippen molar-refractivity contribution in [1.82, 2.24) is 9.97 Å². The van der Waals surface area contributed by atoms with Gasteiger partial charge in [-0.25, -0.2) is 13.4 Å². The fourth-order valence-corrected chi connectivity index (χ4v) is 2.42. The Bertz CT molecular complexity index is 645. The van der Waals surface area contributed by atoms with E-state index in [9.17, 15) is 8.42 Å². The molecule has 0 unspecified atom stereocenters. The Kier molecular flexibility index (Phi) is 4.01. The number of aryl methyl sites for hydroxylation is 1. The molecule has 0 aliphatic heterocycles. The van der Waals surface area contributed by atoms with Crippen molar-refractivity contribution in [2.24, 2.45) is 5.73 Å². The second-order valence-corrected chi connectivity index (χ2v) is 6.45. The zero-order chi connectivity index (χ0) is 13.9. The largest absolute Gasteiger partial charge is 0.342 e. The molecule has 0 saturated carbocycles. The summed E-state index contributed by atoms with van der Waals surface area (Å²) in [5.41, 5.74) is 7.25. The lowest BCUT2D eigenvalue weighted by molar-refractivity contribution is 0.602. The number of imidazole rings is 1. The van der Waals surface area contributed by atoms with Crippen molar-refractivity contribution < 1.29 is 8.42 Å². The molecule has 0 aliphatic carbocycles. The molecule has 0 atom stereocenters. The molecule has 0 spiro atoms. The summed E-state index contributed by atoms with van der Waals surface area (Å²) >= 11 is 0. The van der Waals surface area contributed by atoms with Gasteiger partial charge in [0, 0.05) is 12.7 Å². The highest BCUT2D eigenvalue weighted by Gasteiger charge is 2.08. The molecule has 1 aromatic heterocycles. The second kappa shape index (κ2) is 5.54. The summed E-state index contributed by atoms with van der Waals surface area (Å²) in [5, 5.41) is 0. The molecule has 2 aromatic rings. The molecule has 19 heavy (non-hydrogen) atoms. The van der Waals surface area contributed by atoms with Crippen molar-refractivity contribution in [2.75, 3.05) is 12.8 Å². The zero-order valence-corrected chi connectivity index (χ0v) is 11.6. The van der Waals surface area contributed by atoms with E-state index in [-0.39, 0.29) is 0 Å². The minimum Gasteiger partial charge on any atom is -0.342 e. The number of nitrogens with zero attached hydrogens (tertiary/aromatic N) is 1. The third-order valence-corrected chi connectivity index (χ3v) is 3.97. The number of rotatable bonds is 5. The van der Waals surface area contributed by atoms with Crippen LogP contribution in [0.5, 0.6) is 0 Å². The van der Waals surface area contributed by atoms with Crippen LogP contribution in [0.1, 0.15) is 12.2 Å². The van der Waals surface area contributed by atoms with Gasteiger partial charge < -0.3 is 10.7 Å². The van der Waals surface area contributed by atoms with Crippen molar-refractivity contribution in [3.63, 3.8) is 0 Å². The van der Waals surface area contributed by atoms with Crippen molar-refractivity contribution in [3.8, 4) is 11.3 Å². The van der Waals surface area contributed by atoms with Crippen LogP contribution in [0.2, 0.25) is 0 Å². The van der Waals surface area contributed by atoms with Crippen LogP contribution in [0.4, 0.5) is 0 Å². The molecular formula is C13H17N3O2S. The molecule has 0 radical (unpaired) electrons. The van der Waals surface area contributed by atoms with Gasteiger partial charge in [0.25, 0.3) is 0 Å². The van der Waals surface area contributed by atoms with E-state index in [1.54, 1.807) is 30.5 Å². The van der Waals surface area contributed by atoms with Gasteiger partial charge in [-0.05, 0) is 30.7 Å². The number of H-pyrrole nitrogens is 1. The summed E-state index contributed by atoms with van der Waals surface area (Å²) in [6, 6.07) is 6.75. The van der Waals surface area contributed by atoms with Crippen molar-refractivity contribution in [3.05, 3.63) is 36.3 Å². The average Bonchev–Trinajstić information content (AvgIpc) is 2.84. The molecule has 3 N–H and O–H groups in total. The van der Waals surface area contributed by atoms with Gasteiger partial charge in [-0.3, -0.25) is 0 Å². The molecule has 102 valence electrons. The van der Waals surface area contributed by atoms with Crippen LogP contribution in [0.15, 0.2) is 35.4 Å². The first-order valence-corrected chi connectivity index (χ1v) is 7.94. The fourth-order valence-electron chi connectivity index (χ4n) is 1.79. The number of benzene rings is 1. The minimum atomic E-state index is -3.15. The molecule has 0 fully saturated rings. The van der Waals surface area contributed by atoms with Gasteiger partial charge in [0.2, 0.25) is 0 Å². The molecular weight excluding hydrogens is 262 g/mol. The van der Waals surface area contributed by atoms with E-state index in [0.717, 1.165) is 29.9 Å². The highest BCUT2D eigenvalue weighted by molar-refractivity contribution is 7.90. The third-order valence-electron chi connectivity index (χ3n) is 2.84. The molecule has 0 saturated heterocycles. The Morgan fingerprint density at radius 2 is 1.95 bits per heavy atom. The molecule has 1 aromatic carbocycles. The topological polar surface area (TPSA) is 88.8 Å². The van der Waals surface area contributed by atoms with Crippen LogP contribution in [0, 0.1) is 0 Å². The van der Waals surface area contributed by atoms with Crippen molar-refractivity contribution >= 4 is 9.84 Å². The minimum absolute atomic E-state index is 0.319. The molecule has 6 heteroatoms. The van der Waals surface area contributed by atoms with Crippen molar-refractivity contribution in [1.29, 1.82) is 0 Å². The van der Waals surface area contributed by atoms with Gasteiger partial charge in [-0.1, -0.05) is 12.1 Å². The first-order chi connectivity index (χ1) is 9.00. The SMILES string of the molecule is CS(=O)(=O)c1ccc(-c2cnc(CCCN)[nH]2)cc1. The van der Waals surface area contributed by atoms with Crippen LogP contribution in [0.3, 0.4) is 0 Å². The average molecular weight is 279 g/mol. The Morgan fingerprint density at radius 1 is 1.26 bits per heavy atom. The molecule has 1 heterocycles. The summed E-state index contributed by atoms with van der Waals surface area (Å²) in [5.74, 6) is 0.896. The summed E-state index contributed by atoms with van der Waals surface area (Å²) in [6.07, 6.45) is 4.66. The fraction of sp³-hybridized carbons (Fsp3) is 0.308. The number of sulfone groups is 1. The molecule has 5 nitrogen and oxygen atoms in total. The monoisotopic (exact) mass is 279 g/mol. The zero-order valence-electron chi connectivity index (χ0n) is 10.8. The first kappa shape index (κ1) is 13.8. The number of nitrogens with one attached hydrogen (secondary N) is 1. The third kappa shape index (κ3) is 3.42. The lowest BCUT2D eigenvalue weighted by Crippen LogP contribution is -2.01. The maximum atomic E-state index is 11.4. The van der Waals surface area contributed by atoms with Gasteiger partial charge in [0.1, 0.15) is 5.82 Å². The van der Waals surface area contributed by atoms with E-state index in [2.05, 4.69) is 9.97 Å². The highest BCUT2D eigenvalue weighted by Crippen LogP contribution is 2.19. The molecule has 2 rings (SSSR count). The van der Waals surface area contributed by atoms with Gasteiger partial charge in [0.15, 0.2) is 9.84 Å². The van der Waals surface area contributed by atoms with E-state index in [0.29, 0.717) is 11.4 Å². The van der Waals surface area contributed by atoms with E-state index in [4.69, 9.17) is 5.73 Å². The normalized spacial score (nSPS) is 11.7. The Balaban J connectivity index is 2.20. The quantitative estimate of drug-likeness (QED) is 0.865. The highest BCUT2D eigenvalue weighted by atomic mass is 32.2. The predicted octanol–water partition coefficient (Wildman–Crippen LogP) is 1.37. The van der Waals surface area contributed by atoms with Crippen LogP contribution in [-0.4, -0.2) is 31.2 Å². The first-order valence-electron chi connectivity index (χ1n) is 6.05. The Hall–Kier alpha value is -1.66. The standard InChI is InChI=1S/C13H17N3O2S/c1-19(17,18)11-6-4-10(5-7-11)12-9-15-13(16-12)3-2-8-14/h4-7,9H,2-3,8,14H2,1H3,(H,15,16). The summed E-state index contributed by atoms with van der Waals surface area (Å²) < 4.78 is 22.7. The van der Waals surface area contributed by atoms with Gasteiger partial charge in [-0.2, -0.15) is 0 Å². The van der Waals surface area contributed by atoms with Gasteiger partial charge in [-0.15, -0.1) is 0 Å². The van der Waals surface area contributed by atoms with E-state index in [1.165, 1.54) is 6.26 Å². The molecule has 0 aliphatic rings. The Labute approximate surface area is 112 Å². The lowest BCUT2D eigenvalue weighted by atomic mass is 10.2. The van der Waals surface area contributed by atoms with E-state index < -0.39 is 9.84 Å². The number of hydrogen-bond donors (Lipinski definition) is 2. The van der Waals surface area contributed by atoms with Crippen molar-refractivity contribution in [2.45, 2.75) is 17.7 Å². The smallest absolute Gasteiger partial charge is 0.175 e. The maximum Gasteiger partial charge on any atom is 0.175 e. The lowest BCUT2D eigenvalue weighted by Gasteiger charge is -2.00. The van der Waals surface area contributed by atoms with Crippen LogP contribution >= 0.6 is 0 Å². The van der Waals surface area contributed by atoms with Crippen LogP contribution < -0.4 is 5.73 Å². The van der Waals surface area contributed by atoms with E-state index in [1.807, 2.05) is 0 Å². The number of aromatic nitrogens is 2. The second-order valence-electron chi connectivity index (χ2n) is 4.43. The summed E-state index contributed by atoms with van der Waals surface area (Å²) in [6.45, 7) is 0.638. The number of hydrogen-bond acceptors (Lipinski definition) is 4. The van der Waals surface area contributed by atoms with Gasteiger partial charge in [0.05, 0.1) is 16.8 Å². The predicted molar refractivity (Wildman–Crippen MR) is 74.5 cm³/mol. The Morgan fingerprint density at radius 3 is 2.53 bits per heavy atom. The number of nitrogens with two attached hydrogens (primary N) is 1. The van der Waals surface area contributed by atoms with E-state index >= 15 is 0 Å². The summed E-state index contributed by atoms with van der Waals surface area (Å²) in [7, 11) is -3.15. The van der Waals surface area contributed by atoms with Crippen LogP contribution in [-0.2, 0) is 16.3 Å². The molecule has 0 bridgehead atoms. The van der Waals surface area contributed by atoms with Crippen LogP contribution in [0.25, 0.3) is 11.3 Å². The van der Waals surface area contributed by atoms with Gasteiger partial charge >= 0.3 is 0 Å².